The molecule has 1 amide bonds. The van der Waals surface area contributed by atoms with Gasteiger partial charge < -0.3 is 11.1 Å². The molecule has 0 aliphatic rings. The van der Waals surface area contributed by atoms with Crippen molar-refractivity contribution in [3.8, 4) is 11.1 Å². The molecule has 0 saturated carbocycles. The number of nitrogens with two attached hydrogens (primary N) is 1. The van der Waals surface area contributed by atoms with Crippen molar-refractivity contribution in [2.24, 2.45) is 0 Å². The highest BCUT2D eigenvalue weighted by Crippen LogP contribution is 2.42. The summed E-state index contributed by atoms with van der Waals surface area (Å²) in [5.41, 5.74) is 6.54. The van der Waals surface area contributed by atoms with Gasteiger partial charge in [-0.3, -0.25) is 9.78 Å². The van der Waals surface area contributed by atoms with Gasteiger partial charge in [0, 0.05) is 34.5 Å². The number of benzene rings is 2. The third-order valence-electron chi connectivity index (χ3n) is 4.71. The molecule has 2 aromatic heterocycles. The normalized spacial score (nSPS) is 11.5. The Morgan fingerprint density at radius 3 is 2.59 bits per heavy atom. The summed E-state index contributed by atoms with van der Waals surface area (Å²) in [5, 5.41) is 3.54. The smallest absolute Gasteiger partial charge is 0.383 e. The summed E-state index contributed by atoms with van der Waals surface area (Å²) in [6, 6.07) is 10.4. The van der Waals surface area contributed by atoms with Gasteiger partial charge in [-0.2, -0.15) is 13.2 Å². The van der Waals surface area contributed by atoms with E-state index in [0.29, 0.717) is 22.0 Å². The number of fused-ring (bicyclic) bond motifs is 1. The van der Waals surface area contributed by atoms with Crippen LogP contribution in [0, 0.1) is 0 Å². The predicted molar refractivity (Wildman–Crippen MR) is 119 cm³/mol. The number of pyridine rings is 2. The number of nitrogens with zero attached hydrogens (tertiary/aromatic N) is 2. The van der Waals surface area contributed by atoms with E-state index in [9.17, 15) is 18.0 Å². The van der Waals surface area contributed by atoms with Gasteiger partial charge >= 0.3 is 6.18 Å². The third-order valence-corrected chi connectivity index (χ3v) is 5.41. The van der Waals surface area contributed by atoms with Crippen molar-refractivity contribution in [1.29, 1.82) is 0 Å². The number of aromatic nitrogens is 2. The Kier molecular flexibility index (Phi) is 5.66. The van der Waals surface area contributed by atoms with Crippen LogP contribution < -0.4 is 11.1 Å². The van der Waals surface area contributed by atoms with E-state index < -0.39 is 17.6 Å². The molecule has 162 valence electrons. The number of halogens is 5. The molecule has 0 unspecified atom stereocenters. The largest absolute Gasteiger partial charge is 0.416 e. The molecule has 2 aromatic carbocycles. The number of alkyl halides is 3. The molecule has 32 heavy (non-hydrogen) atoms. The average Bonchev–Trinajstić information content (AvgIpc) is 2.75. The van der Waals surface area contributed by atoms with Gasteiger partial charge in [-0.15, -0.1) is 0 Å². The summed E-state index contributed by atoms with van der Waals surface area (Å²) < 4.78 is 38.9. The molecule has 3 N–H and O–H groups in total. The second-order valence-electron chi connectivity index (χ2n) is 6.81. The molecule has 0 radical (unpaired) electrons. The summed E-state index contributed by atoms with van der Waals surface area (Å²) >= 11 is 12.9. The molecule has 0 fully saturated rings. The van der Waals surface area contributed by atoms with Gasteiger partial charge in [0.15, 0.2) is 0 Å². The highest BCUT2D eigenvalue weighted by Gasteiger charge is 2.31. The topological polar surface area (TPSA) is 80.9 Å². The minimum absolute atomic E-state index is 0.0644. The Morgan fingerprint density at radius 1 is 1.06 bits per heavy atom. The van der Waals surface area contributed by atoms with Crippen LogP contribution in [-0.2, 0) is 6.18 Å². The van der Waals surface area contributed by atoms with Crippen LogP contribution in [0.15, 0.2) is 60.9 Å². The van der Waals surface area contributed by atoms with Crippen LogP contribution in [-0.4, -0.2) is 15.9 Å². The molecular formula is C22H13Cl2F3N4O. The maximum atomic E-state index is 13.0. The van der Waals surface area contributed by atoms with Crippen molar-refractivity contribution in [3.05, 3.63) is 82.1 Å². The number of carbonyl (C=O) groups is 1. The first-order chi connectivity index (χ1) is 15.1. The molecule has 0 aliphatic carbocycles. The van der Waals surface area contributed by atoms with Crippen LogP contribution in [0.1, 0.15) is 15.9 Å². The highest BCUT2D eigenvalue weighted by atomic mass is 35.5. The molecule has 5 nitrogen and oxygen atoms in total. The van der Waals surface area contributed by atoms with Crippen molar-refractivity contribution in [2.45, 2.75) is 6.18 Å². The maximum Gasteiger partial charge on any atom is 0.416 e. The van der Waals surface area contributed by atoms with Gasteiger partial charge in [0.25, 0.3) is 5.91 Å². The van der Waals surface area contributed by atoms with Crippen molar-refractivity contribution < 1.29 is 18.0 Å². The van der Waals surface area contributed by atoms with Crippen LogP contribution in [0.2, 0.25) is 10.0 Å². The Balaban J connectivity index is 1.74. The van der Waals surface area contributed by atoms with E-state index in [1.54, 1.807) is 24.5 Å². The monoisotopic (exact) mass is 476 g/mol. The minimum atomic E-state index is -4.57. The number of nitrogen functional groups attached to an aromatic ring is 1. The van der Waals surface area contributed by atoms with Crippen molar-refractivity contribution >= 4 is 51.5 Å². The number of carbonyl (C=O) groups excluding carboxylic acids is 1. The Hall–Kier alpha value is -3.36. The molecular weight excluding hydrogens is 464 g/mol. The van der Waals surface area contributed by atoms with E-state index in [-0.39, 0.29) is 27.1 Å². The number of hydrogen-bond acceptors (Lipinski definition) is 4. The zero-order valence-electron chi connectivity index (χ0n) is 16.0. The number of hydrogen-bond donors (Lipinski definition) is 2. The first-order valence-corrected chi connectivity index (χ1v) is 9.88. The fourth-order valence-corrected chi connectivity index (χ4v) is 3.78. The molecule has 4 aromatic rings. The standard InChI is InChI=1S/C22H13Cl2F3N4O/c23-15-4-5-17(31-21(32)11-2-1-3-13(8-11)22(25,26)27)19(24)18(15)14-9-12-10-29-7-6-16(12)30-20(14)28/h1-10H,(H2,28,30)(H,31,32). The maximum absolute atomic E-state index is 13.0. The second-order valence-corrected chi connectivity index (χ2v) is 7.59. The predicted octanol–water partition coefficient (Wildman–Crippen LogP) is 6.46. The molecule has 2 heterocycles. The minimum Gasteiger partial charge on any atom is -0.383 e. The molecule has 0 aliphatic heterocycles. The lowest BCUT2D eigenvalue weighted by molar-refractivity contribution is -0.137. The van der Waals surface area contributed by atoms with Crippen LogP contribution in [0.4, 0.5) is 24.7 Å². The molecule has 0 spiro atoms. The molecule has 4 rings (SSSR count). The number of nitrogens with one attached hydrogen (secondary N) is 1. The van der Waals surface area contributed by atoms with Crippen molar-refractivity contribution in [2.75, 3.05) is 11.1 Å². The van der Waals surface area contributed by atoms with E-state index in [4.69, 9.17) is 28.9 Å². The zero-order valence-corrected chi connectivity index (χ0v) is 17.6. The quantitative estimate of drug-likeness (QED) is 0.355. The molecule has 0 saturated heterocycles. The van der Waals surface area contributed by atoms with Gasteiger partial charge in [-0.1, -0.05) is 29.3 Å². The molecule has 0 atom stereocenters. The highest BCUT2D eigenvalue weighted by molar-refractivity contribution is 6.41. The van der Waals surface area contributed by atoms with Gasteiger partial charge in [0.2, 0.25) is 0 Å². The van der Waals surface area contributed by atoms with Crippen LogP contribution >= 0.6 is 23.2 Å². The number of rotatable bonds is 3. The summed E-state index contributed by atoms with van der Waals surface area (Å²) in [6.45, 7) is 0. The van der Waals surface area contributed by atoms with Crippen molar-refractivity contribution in [3.63, 3.8) is 0 Å². The Bertz CT molecular complexity index is 1360. The van der Waals surface area contributed by atoms with Crippen LogP contribution in [0.3, 0.4) is 0 Å². The first-order valence-electron chi connectivity index (χ1n) is 9.12. The van der Waals surface area contributed by atoms with Gasteiger partial charge in [-0.25, -0.2) is 4.98 Å². The number of amides is 1. The fourth-order valence-electron chi connectivity index (χ4n) is 3.16. The van der Waals surface area contributed by atoms with E-state index >= 15 is 0 Å². The van der Waals surface area contributed by atoms with E-state index in [1.807, 2.05) is 0 Å². The first kappa shape index (κ1) is 21.9. The van der Waals surface area contributed by atoms with E-state index in [2.05, 4.69) is 15.3 Å². The SMILES string of the molecule is Nc1nc2ccncc2cc1-c1c(Cl)ccc(NC(=O)c2cccc(C(F)(F)F)c2)c1Cl. The summed E-state index contributed by atoms with van der Waals surface area (Å²) in [5.74, 6) is -0.603. The second kappa shape index (κ2) is 8.29. The van der Waals surface area contributed by atoms with Gasteiger partial charge in [0.05, 0.1) is 26.8 Å². The van der Waals surface area contributed by atoms with Gasteiger partial charge in [-0.05, 0) is 42.5 Å². The summed E-state index contributed by atoms with van der Waals surface area (Å²) in [4.78, 5) is 21.0. The fraction of sp³-hybridized carbons (Fsp3) is 0.0455. The zero-order chi connectivity index (χ0) is 23.0. The Labute approximate surface area is 190 Å². The third kappa shape index (κ3) is 4.19. The molecule has 0 bridgehead atoms. The Morgan fingerprint density at radius 2 is 1.84 bits per heavy atom. The van der Waals surface area contributed by atoms with Gasteiger partial charge in [0.1, 0.15) is 5.82 Å². The summed E-state index contributed by atoms with van der Waals surface area (Å²) in [7, 11) is 0. The summed E-state index contributed by atoms with van der Waals surface area (Å²) in [6.07, 6.45) is -1.39. The van der Waals surface area contributed by atoms with Crippen LogP contribution in [0.5, 0.6) is 0 Å². The van der Waals surface area contributed by atoms with Crippen LogP contribution in [0.25, 0.3) is 22.0 Å². The van der Waals surface area contributed by atoms with E-state index in [1.165, 1.54) is 18.2 Å². The lowest BCUT2D eigenvalue weighted by Crippen LogP contribution is -2.14. The van der Waals surface area contributed by atoms with Crippen molar-refractivity contribution in [1.82, 2.24) is 9.97 Å². The molecule has 10 heteroatoms. The average molecular weight is 477 g/mol. The van der Waals surface area contributed by atoms with E-state index in [0.717, 1.165) is 18.2 Å². The lowest BCUT2D eigenvalue weighted by atomic mass is 10.0. The number of anilines is 2. The lowest BCUT2D eigenvalue weighted by Gasteiger charge is -2.15.